The molecule has 3 nitrogen and oxygen atoms in total. The molecule has 0 N–H and O–H groups in total. The van der Waals surface area contributed by atoms with E-state index >= 15 is 0 Å². The minimum Gasteiger partial charge on any atom is -0.249 e. The van der Waals surface area contributed by atoms with Gasteiger partial charge in [0.25, 0.3) is 0 Å². The third-order valence-corrected chi connectivity index (χ3v) is 5.37. The monoisotopic (exact) mass is 327 g/mol. The van der Waals surface area contributed by atoms with Gasteiger partial charge in [-0.1, -0.05) is 36.8 Å². The van der Waals surface area contributed by atoms with Gasteiger partial charge in [-0.05, 0) is 32.4 Å². The van der Waals surface area contributed by atoms with Crippen molar-refractivity contribution in [1.29, 1.82) is 0 Å². The van der Waals surface area contributed by atoms with E-state index in [0.717, 1.165) is 22.9 Å². The van der Waals surface area contributed by atoms with Crippen LogP contribution in [0.25, 0.3) is 10.9 Å². The summed E-state index contributed by atoms with van der Waals surface area (Å²) in [6.07, 6.45) is 6.37. The molecule has 0 bridgehead atoms. The van der Waals surface area contributed by atoms with Crippen molar-refractivity contribution in [3.8, 4) is 0 Å². The lowest BCUT2D eigenvalue weighted by molar-refractivity contribution is -0.237. The van der Waals surface area contributed by atoms with E-state index in [2.05, 4.69) is 17.6 Å². The molecule has 1 aromatic carbocycles. The highest BCUT2D eigenvalue weighted by Crippen LogP contribution is 2.27. The number of allylic oxidation sites excluding steroid dienone is 3. The number of nitrogens with zero attached hydrogens (tertiary/aromatic N) is 2. The molecule has 0 radical (unpaired) electrons. The van der Waals surface area contributed by atoms with E-state index in [-0.39, 0.29) is 0 Å². The van der Waals surface area contributed by atoms with Gasteiger partial charge in [0.2, 0.25) is 15.4 Å². The van der Waals surface area contributed by atoms with Gasteiger partial charge in [-0.15, -0.1) is 3.98 Å². The SMILES string of the molecule is C=[N+](c1cccc2cccnc12)S(=C)(=O)C(C=C(C)C)=CCC. The summed E-state index contributed by atoms with van der Waals surface area (Å²) in [4.78, 5) is 5.11. The van der Waals surface area contributed by atoms with Gasteiger partial charge in [-0.2, -0.15) is 4.21 Å². The Bertz CT molecular complexity index is 897. The molecule has 1 aromatic heterocycles. The molecule has 0 saturated carbocycles. The lowest BCUT2D eigenvalue weighted by atomic mass is 10.2. The smallest absolute Gasteiger partial charge is 0.246 e. The highest BCUT2D eigenvalue weighted by Gasteiger charge is 2.24. The topological polar surface area (TPSA) is 33.0 Å². The van der Waals surface area contributed by atoms with Gasteiger partial charge in [0.15, 0.2) is 0 Å². The van der Waals surface area contributed by atoms with Crippen LogP contribution in [0.1, 0.15) is 27.2 Å². The predicted molar refractivity (Wildman–Crippen MR) is 102 cm³/mol. The molecule has 2 rings (SSSR count). The third-order valence-electron chi connectivity index (χ3n) is 3.44. The summed E-state index contributed by atoms with van der Waals surface area (Å²) in [5.41, 5.74) is 2.56. The average Bonchev–Trinajstić information content (AvgIpc) is 2.52. The average molecular weight is 327 g/mol. The zero-order chi connectivity index (χ0) is 17.0. The number of hydrogen-bond donors (Lipinski definition) is 0. The van der Waals surface area contributed by atoms with E-state index in [1.54, 1.807) is 6.20 Å². The van der Waals surface area contributed by atoms with Crippen LogP contribution in [0.2, 0.25) is 0 Å². The first-order valence-corrected chi connectivity index (χ1v) is 9.23. The molecular weight excluding hydrogens is 304 g/mol. The van der Waals surface area contributed by atoms with Gasteiger partial charge >= 0.3 is 0 Å². The first kappa shape index (κ1) is 17.2. The minimum absolute atomic E-state index is 0.697. The Labute approximate surface area is 138 Å². The molecule has 120 valence electrons. The van der Waals surface area contributed by atoms with Crippen molar-refractivity contribution in [2.24, 2.45) is 0 Å². The number of para-hydroxylation sites is 1. The Kier molecular flexibility index (Phi) is 5.16. The molecule has 0 spiro atoms. The van der Waals surface area contributed by atoms with Gasteiger partial charge in [-0.3, -0.25) is 0 Å². The van der Waals surface area contributed by atoms with E-state index in [9.17, 15) is 4.21 Å². The Hall–Kier alpha value is -2.20. The molecule has 1 atom stereocenters. The minimum atomic E-state index is -2.74. The maximum Gasteiger partial charge on any atom is 0.246 e. The Morgan fingerprint density at radius 3 is 2.65 bits per heavy atom. The van der Waals surface area contributed by atoms with Gasteiger partial charge in [-0.25, -0.2) is 4.98 Å². The fourth-order valence-corrected chi connectivity index (χ4v) is 3.91. The maximum atomic E-state index is 13.4. The number of pyridine rings is 1. The summed E-state index contributed by atoms with van der Waals surface area (Å²) < 4.78 is 14.9. The van der Waals surface area contributed by atoms with E-state index < -0.39 is 9.71 Å². The molecule has 1 heterocycles. The highest BCUT2D eigenvalue weighted by molar-refractivity contribution is 7.98. The fourth-order valence-electron chi connectivity index (χ4n) is 2.34. The first-order valence-electron chi connectivity index (χ1n) is 7.54. The maximum absolute atomic E-state index is 13.4. The number of rotatable bonds is 5. The van der Waals surface area contributed by atoms with Crippen LogP contribution in [0, 0.1) is 0 Å². The first-order chi connectivity index (χ1) is 10.9. The van der Waals surface area contributed by atoms with E-state index in [1.165, 1.54) is 3.98 Å². The molecule has 23 heavy (non-hydrogen) atoms. The van der Waals surface area contributed by atoms with Crippen LogP contribution in [0.4, 0.5) is 5.69 Å². The number of benzene rings is 1. The molecule has 0 aliphatic carbocycles. The summed E-state index contributed by atoms with van der Waals surface area (Å²) in [7, 11) is -2.74. The molecule has 0 aliphatic rings. The quantitative estimate of drug-likeness (QED) is 0.351. The molecule has 0 aliphatic heterocycles. The molecule has 0 fully saturated rings. The van der Waals surface area contributed by atoms with E-state index in [4.69, 9.17) is 0 Å². The number of hydrogen-bond acceptors (Lipinski definition) is 2. The van der Waals surface area contributed by atoms with Crippen LogP contribution in [0.15, 0.2) is 59.2 Å². The van der Waals surface area contributed by atoms with Crippen molar-refractivity contribution in [2.45, 2.75) is 27.2 Å². The summed E-state index contributed by atoms with van der Waals surface area (Å²) in [6.45, 7) is 10.00. The Balaban J connectivity index is 2.61. The van der Waals surface area contributed by atoms with Gasteiger partial charge in [0.1, 0.15) is 12.2 Å². The molecule has 1 unspecified atom stereocenters. The Morgan fingerprint density at radius 1 is 1.30 bits per heavy atom. The van der Waals surface area contributed by atoms with Crippen molar-refractivity contribution >= 4 is 38.9 Å². The largest absolute Gasteiger partial charge is 0.249 e. The van der Waals surface area contributed by atoms with Crippen LogP contribution in [0.5, 0.6) is 0 Å². The number of aromatic nitrogens is 1. The molecule has 2 aromatic rings. The van der Waals surface area contributed by atoms with Crippen molar-refractivity contribution < 1.29 is 8.19 Å². The second-order valence-electron chi connectivity index (χ2n) is 5.61. The molecule has 4 heteroatoms. The van der Waals surface area contributed by atoms with Crippen LogP contribution in [-0.4, -0.2) is 25.8 Å². The molecule has 0 saturated heterocycles. The summed E-state index contributed by atoms with van der Waals surface area (Å²) in [5, 5.41) is 0.983. The molecule has 0 amide bonds. The zero-order valence-corrected chi connectivity index (χ0v) is 14.8. The summed E-state index contributed by atoms with van der Waals surface area (Å²) >= 11 is 0. The van der Waals surface area contributed by atoms with E-state index in [1.807, 2.05) is 63.3 Å². The second kappa shape index (κ2) is 6.92. The Morgan fingerprint density at radius 2 is 2.00 bits per heavy atom. The number of fused-ring (bicyclic) bond motifs is 1. The lowest BCUT2D eigenvalue weighted by Crippen LogP contribution is -2.17. The van der Waals surface area contributed by atoms with Gasteiger partial charge < -0.3 is 0 Å². The second-order valence-corrected chi connectivity index (χ2v) is 7.80. The van der Waals surface area contributed by atoms with Gasteiger partial charge in [0.05, 0.1) is 4.91 Å². The van der Waals surface area contributed by atoms with E-state index in [0.29, 0.717) is 10.6 Å². The van der Waals surface area contributed by atoms with Crippen molar-refractivity contribution in [2.75, 3.05) is 0 Å². The van der Waals surface area contributed by atoms with Crippen LogP contribution in [0.3, 0.4) is 0 Å². The molecular formula is C19H23N2OS+. The van der Waals surface area contributed by atoms with Crippen molar-refractivity contribution in [3.63, 3.8) is 0 Å². The lowest BCUT2D eigenvalue weighted by Gasteiger charge is -2.10. The summed E-state index contributed by atoms with van der Waals surface area (Å²) in [6, 6.07) is 9.62. The summed E-state index contributed by atoms with van der Waals surface area (Å²) in [5.74, 6) is 3.98. The van der Waals surface area contributed by atoms with Crippen molar-refractivity contribution in [1.82, 2.24) is 4.98 Å². The standard InChI is InChI=1S/C19H23N2OS/c1-6-9-17(14-15(2)3)23(5,22)21(4)18-12-7-10-16-11-8-13-20-19(16)18/h7-14H,4-6H2,1-3H3/q+1. The van der Waals surface area contributed by atoms with Crippen LogP contribution in [-0.2, 0) is 9.71 Å². The zero-order valence-electron chi connectivity index (χ0n) is 14.0. The third kappa shape index (κ3) is 3.59. The fraction of sp³-hybridized carbons (Fsp3) is 0.211. The van der Waals surface area contributed by atoms with Crippen LogP contribution >= 0.6 is 0 Å². The highest BCUT2D eigenvalue weighted by atomic mass is 32.2. The van der Waals surface area contributed by atoms with Crippen LogP contribution < -0.4 is 0 Å². The van der Waals surface area contributed by atoms with Crippen molar-refractivity contribution in [3.05, 3.63) is 59.2 Å². The normalized spacial score (nSPS) is 14.3. The predicted octanol–water partition coefficient (Wildman–Crippen LogP) is 4.47. The van der Waals surface area contributed by atoms with Gasteiger partial charge in [0, 0.05) is 23.5 Å².